The Morgan fingerprint density at radius 3 is 3.00 bits per heavy atom. The van der Waals surface area contributed by atoms with Crippen LogP contribution in [-0.4, -0.2) is 47.7 Å². The molecule has 1 atom stereocenters. The third kappa shape index (κ3) is 4.53. The van der Waals surface area contributed by atoms with Gasteiger partial charge in [-0.2, -0.15) is 5.26 Å². The Balaban J connectivity index is 1.58. The predicted octanol–water partition coefficient (Wildman–Crippen LogP) is 4.34. The second kappa shape index (κ2) is 9.16. The summed E-state index contributed by atoms with van der Waals surface area (Å²) in [5, 5.41) is 24.7. The number of H-pyrrole nitrogens is 1. The van der Waals surface area contributed by atoms with Gasteiger partial charge < -0.3 is 15.0 Å². The van der Waals surface area contributed by atoms with E-state index in [0.717, 1.165) is 42.7 Å². The van der Waals surface area contributed by atoms with E-state index in [1.165, 1.54) is 24.5 Å². The van der Waals surface area contributed by atoms with Gasteiger partial charge in [0.2, 0.25) is 0 Å². The van der Waals surface area contributed by atoms with Crippen molar-refractivity contribution in [3.05, 3.63) is 63.8 Å². The lowest BCUT2D eigenvalue weighted by atomic mass is 10.0. The second-order valence-electron chi connectivity index (χ2n) is 7.83. The molecule has 31 heavy (non-hydrogen) atoms. The maximum absolute atomic E-state index is 11.4. The van der Waals surface area contributed by atoms with Crippen molar-refractivity contribution in [1.29, 1.82) is 5.26 Å². The van der Waals surface area contributed by atoms with Gasteiger partial charge in [0.25, 0.3) is 5.69 Å². The van der Waals surface area contributed by atoms with Crippen molar-refractivity contribution in [2.45, 2.75) is 25.3 Å². The summed E-state index contributed by atoms with van der Waals surface area (Å²) in [6.07, 6.45) is 5.38. The number of ether oxygens (including phenoxy) is 1. The first-order valence-electron chi connectivity index (χ1n) is 10.4. The molecule has 3 aromatic rings. The van der Waals surface area contributed by atoms with Crippen molar-refractivity contribution in [2.75, 3.05) is 32.1 Å². The lowest BCUT2D eigenvalue weighted by Gasteiger charge is -2.23. The van der Waals surface area contributed by atoms with Gasteiger partial charge in [0.05, 0.1) is 23.2 Å². The van der Waals surface area contributed by atoms with Crippen LogP contribution in [0.3, 0.4) is 0 Å². The summed E-state index contributed by atoms with van der Waals surface area (Å²) in [7, 11) is 1.73. The highest BCUT2D eigenvalue weighted by atomic mass is 16.6. The molecule has 8 heteroatoms. The first kappa shape index (κ1) is 20.8. The smallest absolute Gasteiger partial charge is 0.293 e. The molecule has 1 fully saturated rings. The quantitative estimate of drug-likeness (QED) is 0.415. The van der Waals surface area contributed by atoms with E-state index >= 15 is 0 Å². The summed E-state index contributed by atoms with van der Waals surface area (Å²) < 4.78 is 5.25. The van der Waals surface area contributed by atoms with Crippen molar-refractivity contribution in [2.24, 2.45) is 0 Å². The van der Waals surface area contributed by atoms with Gasteiger partial charge in [-0.25, -0.2) is 0 Å². The number of anilines is 2. The molecule has 0 aliphatic carbocycles. The molecule has 0 saturated carbocycles. The Morgan fingerprint density at radius 1 is 1.35 bits per heavy atom. The molecule has 0 unspecified atom stereocenters. The number of hydrogen-bond donors (Lipinski definition) is 2. The molecule has 0 amide bonds. The average Bonchev–Trinajstić information content (AvgIpc) is 3.39. The molecule has 0 spiro atoms. The molecule has 1 aliphatic heterocycles. The molecule has 0 radical (unpaired) electrons. The lowest BCUT2D eigenvalue weighted by Crippen LogP contribution is -2.33. The summed E-state index contributed by atoms with van der Waals surface area (Å²) in [5.74, 6) is 0. The second-order valence-corrected chi connectivity index (χ2v) is 7.83. The van der Waals surface area contributed by atoms with E-state index in [0.29, 0.717) is 11.7 Å². The molecule has 8 nitrogen and oxygen atoms in total. The lowest BCUT2D eigenvalue weighted by molar-refractivity contribution is -0.383. The number of aromatic amines is 1. The van der Waals surface area contributed by atoms with Gasteiger partial charge in [-0.1, -0.05) is 0 Å². The minimum absolute atomic E-state index is 0.117. The minimum atomic E-state index is -0.474. The van der Waals surface area contributed by atoms with Gasteiger partial charge >= 0.3 is 0 Å². The van der Waals surface area contributed by atoms with Crippen LogP contribution in [0.1, 0.15) is 24.0 Å². The Kier molecular flexibility index (Phi) is 6.16. The molecule has 160 valence electrons. The van der Waals surface area contributed by atoms with Crippen molar-refractivity contribution >= 4 is 28.0 Å². The maximum atomic E-state index is 11.4. The number of nitro benzene ring substituents is 1. The first-order valence-corrected chi connectivity index (χ1v) is 10.4. The Labute approximate surface area is 180 Å². The summed E-state index contributed by atoms with van der Waals surface area (Å²) in [4.78, 5) is 16.8. The number of fused-ring (bicyclic) bond motifs is 1. The fraction of sp³-hybridized carbons (Fsp3) is 0.348. The number of benzene rings is 2. The SMILES string of the molecule is COCCN1CCC[C@@H]1Cc1c[nH]c2ccc(Nc3ccc(C#N)cc3[N+](=O)[O-])cc12. The van der Waals surface area contributed by atoms with Crippen LogP contribution in [0.2, 0.25) is 0 Å². The molecule has 2 aromatic carbocycles. The number of hydrogen-bond acceptors (Lipinski definition) is 6. The molecular formula is C23H25N5O3. The highest BCUT2D eigenvalue weighted by Crippen LogP contribution is 2.31. The van der Waals surface area contributed by atoms with Gasteiger partial charge in [-0.05, 0) is 61.7 Å². The number of rotatable bonds is 8. The van der Waals surface area contributed by atoms with E-state index in [1.54, 1.807) is 19.2 Å². The first-order chi connectivity index (χ1) is 15.1. The van der Waals surface area contributed by atoms with Crippen LogP contribution in [0.25, 0.3) is 10.9 Å². The number of likely N-dealkylation sites (tertiary alicyclic amines) is 1. The minimum Gasteiger partial charge on any atom is -0.383 e. The molecular weight excluding hydrogens is 394 g/mol. The summed E-state index contributed by atoms with van der Waals surface area (Å²) >= 11 is 0. The summed E-state index contributed by atoms with van der Waals surface area (Å²) in [6, 6.07) is 12.8. The Bertz CT molecular complexity index is 1130. The normalized spacial score (nSPS) is 16.5. The third-order valence-corrected chi connectivity index (χ3v) is 5.91. The van der Waals surface area contributed by atoms with E-state index in [2.05, 4.69) is 21.4 Å². The number of nitrogens with zero attached hydrogens (tertiary/aromatic N) is 3. The van der Waals surface area contributed by atoms with E-state index in [9.17, 15) is 10.1 Å². The molecule has 2 heterocycles. The number of aromatic nitrogens is 1. The van der Waals surface area contributed by atoms with Gasteiger partial charge in [-0.3, -0.25) is 15.0 Å². The van der Waals surface area contributed by atoms with E-state index in [4.69, 9.17) is 10.00 Å². The van der Waals surface area contributed by atoms with Crippen LogP contribution < -0.4 is 5.32 Å². The molecule has 1 aliphatic rings. The highest BCUT2D eigenvalue weighted by molar-refractivity contribution is 5.88. The van der Waals surface area contributed by atoms with Crippen LogP contribution in [0, 0.1) is 21.4 Å². The summed E-state index contributed by atoms with van der Waals surface area (Å²) in [5.41, 5.74) is 3.55. The summed E-state index contributed by atoms with van der Waals surface area (Å²) in [6.45, 7) is 2.78. The van der Waals surface area contributed by atoms with Crippen LogP contribution in [0.5, 0.6) is 0 Å². The van der Waals surface area contributed by atoms with Crippen LogP contribution in [0.15, 0.2) is 42.6 Å². The van der Waals surface area contributed by atoms with Gasteiger partial charge in [0, 0.05) is 48.5 Å². The largest absolute Gasteiger partial charge is 0.383 e. The Morgan fingerprint density at radius 2 is 2.23 bits per heavy atom. The van der Waals surface area contributed by atoms with Crippen molar-refractivity contribution in [3.63, 3.8) is 0 Å². The zero-order valence-electron chi connectivity index (χ0n) is 17.4. The zero-order valence-corrected chi connectivity index (χ0v) is 17.4. The van der Waals surface area contributed by atoms with Crippen LogP contribution >= 0.6 is 0 Å². The van der Waals surface area contributed by atoms with E-state index < -0.39 is 4.92 Å². The predicted molar refractivity (Wildman–Crippen MR) is 120 cm³/mol. The van der Waals surface area contributed by atoms with Crippen molar-refractivity contribution in [3.8, 4) is 6.07 Å². The number of nitrogens with one attached hydrogen (secondary N) is 2. The topological polar surface area (TPSA) is 107 Å². The van der Waals surface area contributed by atoms with Crippen molar-refractivity contribution in [1.82, 2.24) is 9.88 Å². The fourth-order valence-corrected chi connectivity index (χ4v) is 4.32. The number of nitriles is 1. The maximum Gasteiger partial charge on any atom is 0.293 e. The van der Waals surface area contributed by atoms with Gasteiger partial charge in [-0.15, -0.1) is 0 Å². The number of nitro groups is 1. The monoisotopic (exact) mass is 419 g/mol. The fourth-order valence-electron chi connectivity index (χ4n) is 4.32. The Hall–Kier alpha value is -3.41. The molecule has 0 bridgehead atoms. The molecule has 4 rings (SSSR count). The average molecular weight is 419 g/mol. The van der Waals surface area contributed by atoms with Gasteiger partial charge in [0.1, 0.15) is 5.69 Å². The van der Waals surface area contributed by atoms with Gasteiger partial charge in [0.15, 0.2) is 0 Å². The third-order valence-electron chi connectivity index (χ3n) is 5.91. The van der Waals surface area contributed by atoms with Crippen LogP contribution in [-0.2, 0) is 11.2 Å². The number of methoxy groups -OCH3 is 1. The van der Waals surface area contributed by atoms with Crippen LogP contribution in [0.4, 0.5) is 17.1 Å². The highest BCUT2D eigenvalue weighted by Gasteiger charge is 2.25. The molecule has 2 N–H and O–H groups in total. The van der Waals surface area contributed by atoms with E-state index in [-0.39, 0.29) is 11.3 Å². The zero-order chi connectivity index (χ0) is 21.8. The van der Waals surface area contributed by atoms with E-state index in [1.807, 2.05) is 24.3 Å². The molecule has 1 saturated heterocycles. The molecule has 1 aromatic heterocycles. The standard InChI is InChI=1S/C23H25N5O3/c1-31-10-9-27-8-2-3-19(27)12-17-15-25-21-7-5-18(13-20(17)21)26-22-6-4-16(14-24)11-23(22)28(29)30/h4-7,11,13,15,19,25-26H,2-3,8-10,12H2,1H3/t19-/m1/s1. The van der Waals surface area contributed by atoms with Crippen molar-refractivity contribution < 1.29 is 9.66 Å².